The van der Waals surface area contributed by atoms with Crippen molar-refractivity contribution in [2.45, 2.75) is 0 Å². The topological polar surface area (TPSA) is 64.6 Å². The van der Waals surface area contributed by atoms with E-state index >= 15 is 0 Å². The van der Waals surface area contributed by atoms with Crippen molar-refractivity contribution in [2.75, 3.05) is 0 Å². The van der Waals surface area contributed by atoms with E-state index in [1.54, 1.807) is 0 Å². The number of hydroxylamine groups is 1. The molecule has 0 unspecified atom stereocenters. The number of rotatable bonds is 2. The quantitative estimate of drug-likeness (QED) is 0.864. The average molecular weight is 319 g/mol. The van der Waals surface area contributed by atoms with Gasteiger partial charge in [0.15, 0.2) is 5.41 Å². The van der Waals surface area contributed by atoms with Gasteiger partial charge in [0, 0.05) is 11.1 Å². The minimum Gasteiger partial charge on any atom is -0.457 e. The third-order valence-electron chi connectivity index (χ3n) is 4.00. The summed E-state index contributed by atoms with van der Waals surface area (Å²) >= 11 is 0. The van der Waals surface area contributed by atoms with E-state index in [4.69, 9.17) is 9.57 Å². The summed E-state index contributed by atoms with van der Waals surface area (Å²) in [5.41, 5.74) is 2.16. The highest BCUT2D eigenvalue weighted by molar-refractivity contribution is 6.12. The summed E-state index contributed by atoms with van der Waals surface area (Å²) in [5.74, 6) is -0.327. The molecule has 1 spiro atoms. The van der Waals surface area contributed by atoms with E-state index in [-0.39, 0.29) is 0 Å². The van der Waals surface area contributed by atoms with E-state index in [2.05, 4.69) is 5.48 Å². The van der Waals surface area contributed by atoms with Gasteiger partial charge in [-0.1, -0.05) is 60.7 Å². The van der Waals surface area contributed by atoms with Crippen LogP contribution in [0.1, 0.15) is 11.1 Å². The van der Waals surface area contributed by atoms with Crippen molar-refractivity contribution in [3.05, 3.63) is 83.9 Å². The normalized spacial score (nSPS) is 18.3. The lowest BCUT2D eigenvalue weighted by atomic mass is 9.83. The third-order valence-corrected chi connectivity index (χ3v) is 4.00. The van der Waals surface area contributed by atoms with E-state index in [0.29, 0.717) is 11.5 Å². The van der Waals surface area contributed by atoms with Gasteiger partial charge in [-0.25, -0.2) is 4.79 Å². The second-order valence-electron chi connectivity index (χ2n) is 5.54. The highest BCUT2D eigenvalue weighted by atomic mass is 16.7. The van der Waals surface area contributed by atoms with Crippen LogP contribution in [0.3, 0.4) is 0 Å². The molecule has 2 aromatic rings. The molecule has 1 fully saturated rings. The van der Waals surface area contributed by atoms with Gasteiger partial charge in [-0.3, -0.25) is 4.79 Å². The van der Waals surface area contributed by atoms with Gasteiger partial charge in [-0.15, -0.1) is 0 Å². The van der Waals surface area contributed by atoms with E-state index < -0.39 is 17.3 Å². The Labute approximate surface area is 138 Å². The number of nitrogens with one attached hydrogen (secondary N) is 1. The first-order valence-electron chi connectivity index (χ1n) is 7.45. The number of amides is 1. The summed E-state index contributed by atoms with van der Waals surface area (Å²) in [6.07, 6.45) is 3.00. The minimum absolute atomic E-state index is 0.436. The molecule has 1 saturated heterocycles. The number of benzene rings is 2. The summed E-state index contributed by atoms with van der Waals surface area (Å²) in [7, 11) is 0. The van der Waals surface area contributed by atoms with Crippen LogP contribution in [0.4, 0.5) is 0 Å². The van der Waals surface area contributed by atoms with Crippen LogP contribution in [0.2, 0.25) is 0 Å². The van der Waals surface area contributed by atoms with Gasteiger partial charge in [0.1, 0.15) is 11.5 Å². The molecule has 0 aliphatic carbocycles. The predicted octanol–water partition coefficient (Wildman–Crippen LogP) is 2.67. The number of ether oxygens (including phenoxy) is 1. The zero-order valence-electron chi connectivity index (χ0n) is 12.6. The molecule has 0 radical (unpaired) electrons. The lowest BCUT2D eigenvalue weighted by Crippen LogP contribution is -2.34. The molecule has 0 atom stereocenters. The lowest BCUT2D eigenvalue weighted by molar-refractivity contribution is -0.147. The minimum atomic E-state index is -1.52. The second kappa shape index (κ2) is 5.38. The smallest absolute Gasteiger partial charge is 0.355 e. The first kappa shape index (κ1) is 14.3. The number of carbonyl (C=O) groups excluding carboxylic acids is 2. The van der Waals surface area contributed by atoms with E-state index in [1.807, 2.05) is 60.7 Å². The Hall–Kier alpha value is -3.34. The average Bonchev–Trinajstić information content (AvgIpc) is 2.91. The Morgan fingerprint density at radius 3 is 1.67 bits per heavy atom. The third kappa shape index (κ3) is 2.18. The molecule has 118 valence electrons. The van der Waals surface area contributed by atoms with Crippen LogP contribution < -0.4 is 5.48 Å². The molecule has 5 nitrogen and oxygen atoms in total. The van der Waals surface area contributed by atoms with Gasteiger partial charge in [-0.2, -0.15) is 5.48 Å². The first-order chi connectivity index (χ1) is 11.7. The molecular formula is C19H13NO4. The van der Waals surface area contributed by atoms with E-state index in [1.165, 1.54) is 12.2 Å². The van der Waals surface area contributed by atoms with Crippen LogP contribution in [0.15, 0.2) is 72.8 Å². The van der Waals surface area contributed by atoms with Gasteiger partial charge < -0.3 is 9.57 Å². The van der Waals surface area contributed by atoms with E-state index in [0.717, 1.165) is 11.1 Å². The number of hydrogen-bond donors (Lipinski definition) is 1. The van der Waals surface area contributed by atoms with Crippen molar-refractivity contribution in [1.29, 1.82) is 0 Å². The molecule has 2 aliphatic heterocycles. The maximum atomic E-state index is 12.3. The summed E-state index contributed by atoms with van der Waals surface area (Å²) in [6, 6.07) is 18.6. The van der Waals surface area contributed by atoms with E-state index in [9.17, 15) is 9.59 Å². The number of hydrogen-bond acceptors (Lipinski definition) is 4. The van der Waals surface area contributed by atoms with Crippen LogP contribution >= 0.6 is 0 Å². The van der Waals surface area contributed by atoms with Gasteiger partial charge >= 0.3 is 5.97 Å². The monoisotopic (exact) mass is 319 g/mol. The van der Waals surface area contributed by atoms with Crippen molar-refractivity contribution < 1.29 is 19.2 Å². The SMILES string of the molecule is O=C1NOC(=O)C12C=C(c1ccccc1)OC(c1ccccc1)=C2. The predicted molar refractivity (Wildman–Crippen MR) is 86.6 cm³/mol. The highest BCUT2D eigenvalue weighted by Gasteiger charge is 2.53. The Kier molecular flexibility index (Phi) is 3.20. The van der Waals surface area contributed by atoms with Gasteiger partial charge in [0.05, 0.1) is 0 Å². The Morgan fingerprint density at radius 2 is 1.25 bits per heavy atom. The fourth-order valence-corrected chi connectivity index (χ4v) is 2.73. The molecule has 1 amide bonds. The molecule has 0 saturated carbocycles. The fraction of sp³-hybridized carbons (Fsp3) is 0.0526. The highest BCUT2D eigenvalue weighted by Crippen LogP contribution is 2.41. The summed E-state index contributed by atoms with van der Waals surface area (Å²) in [4.78, 5) is 29.3. The van der Waals surface area contributed by atoms with Crippen LogP contribution in [0.25, 0.3) is 11.5 Å². The molecule has 0 bridgehead atoms. The van der Waals surface area contributed by atoms with Crippen LogP contribution in [-0.2, 0) is 19.2 Å². The largest absolute Gasteiger partial charge is 0.457 e. The standard InChI is InChI=1S/C19H13NO4/c21-17-19(18(22)24-20-17)11-15(13-7-3-1-4-8-13)23-16(12-19)14-9-5-2-6-10-14/h1-12H,(H,20,21). The summed E-state index contributed by atoms with van der Waals surface area (Å²) in [5, 5.41) is 0. The molecule has 24 heavy (non-hydrogen) atoms. The molecular weight excluding hydrogens is 306 g/mol. The molecule has 2 aromatic carbocycles. The first-order valence-corrected chi connectivity index (χ1v) is 7.45. The summed E-state index contributed by atoms with van der Waals surface area (Å²) < 4.78 is 5.98. The van der Waals surface area contributed by atoms with Gasteiger partial charge in [0.25, 0.3) is 5.91 Å². The Morgan fingerprint density at radius 1 is 0.750 bits per heavy atom. The maximum Gasteiger partial charge on any atom is 0.355 e. The zero-order valence-corrected chi connectivity index (χ0v) is 12.6. The lowest BCUT2D eigenvalue weighted by Gasteiger charge is -2.24. The van der Waals surface area contributed by atoms with Crippen molar-refractivity contribution in [3.63, 3.8) is 0 Å². The Balaban J connectivity index is 1.88. The maximum absolute atomic E-state index is 12.3. The fourth-order valence-electron chi connectivity index (χ4n) is 2.73. The van der Waals surface area contributed by atoms with Crippen molar-refractivity contribution in [2.24, 2.45) is 5.41 Å². The molecule has 2 heterocycles. The number of carbonyl (C=O) groups is 2. The summed E-state index contributed by atoms with van der Waals surface area (Å²) in [6.45, 7) is 0. The van der Waals surface area contributed by atoms with Crippen LogP contribution in [0.5, 0.6) is 0 Å². The molecule has 4 rings (SSSR count). The van der Waals surface area contributed by atoms with Crippen molar-refractivity contribution in [1.82, 2.24) is 5.48 Å². The molecule has 0 aromatic heterocycles. The van der Waals surface area contributed by atoms with Crippen LogP contribution in [-0.4, -0.2) is 11.9 Å². The van der Waals surface area contributed by atoms with Crippen LogP contribution in [0, 0.1) is 5.41 Å². The second-order valence-corrected chi connectivity index (χ2v) is 5.54. The van der Waals surface area contributed by atoms with Gasteiger partial charge in [-0.05, 0) is 12.2 Å². The van der Waals surface area contributed by atoms with Gasteiger partial charge in [0.2, 0.25) is 0 Å². The molecule has 5 heteroatoms. The zero-order chi connectivity index (χ0) is 16.6. The van der Waals surface area contributed by atoms with Crippen molar-refractivity contribution in [3.8, 4) is 0 Å². The molecule has 1 N–H and O–H groups in total. The molecule has 2 aliphatic rings. The van der Waals surface area contributed by atoms with Crippen molar-refractivity contribution >= 4 is 23.4 Å². The Bertz CT molecular complexity index is 795.